The van der Waals surface area contributed by atoms with E-state index in [1.54, 1.807) is 17.7 Å². The number of H-pyrrole nitrogens is 1. The van der Waals surface area contributed by atoms with Gasteiger partial charge >= 0.3 is 0 Å². The Hall–Kier alpha value is -3.18. The van der Waals surface area contributed by atoms with Gasteiger partial charge in [0.05, 0.1) is 23.3 Å². The summed E-state index contributed by atoms with van der Waals surface area (Å²) >= 11 is 1.73. The summed E-state index contributed by atoms with van der Waals surface area (Å²) in [6.07, 6.45) is 3.19. The largest absolute Gasteiger partial charge is 0.358 e. The third-order valence-corrected chi connectivity index (χ3v) is 7.42. The van der Waals surface area contributed by atoms with Crippen LogP contribution in [0.3, 0.4) is 0 Å². The number of benzene rings is 2. The van der Waals surface area contributed by atoms with Crippen LogP contribution >= 0.6 is 11.3 Å². The average Bonchev–Trinajstić information content (AvgIpc) is 3.41. The van der Waals surface area contributed by atoms with Crippen LogP contribution in [0.5, 0.6) is 0 Å². The van der Waals surface area contributed by atoms with Crippen molar-refractivity contribution in [2.45, 2.75) is 32.6 Å². The summed E-state index contributed by atoms with van der Waals surface area (Å²) in [5, 5.41) is 5.82. The molecule has 2 N–H and O–H groups in total. The Bertz CT molecular complexity index is 1360. The molecule has 6 rings (SSSR count). The van der Waals surface area contributed by atoms with E-state index in [4.69, 9.17) is 0 Å². The number of anilines is 1. The summed E-state index contributed by atoms with van der Waals surface area (Å²) in [4.78, 5) is 22.5. The Labute approximate surface area is 185 Å². The van der Waals surface area contributed by atoms with E-state index in [9.17, 15) is 4.79 Å². The topological polar surface area (TPSA) is 57.8 Å². The molecule has 31 heavy (non-hydrogen) atoms. The van der Waals surface area contributed by atoms with Crippen molar-refractivity contribution in [2.75, 3.05) is 5.32 Å². The molecule has 0 spiro atoms. The number of nitrogens with zero attached hydrogens (tertiary/aromatic N) is 1. The van der Waals surface area contributed by atoms with Crippen molar-refractivity contribution in [2.24, 2.45) is 5.41 Å². The number of aromatic amines is 1. The summed E-state index contributed by atoms with van der Waals surface area (Å²) in [7, 11) is 0. The number of hydrogen-bond acceptors (Lipinski definition) is 4. The maximum absolute atomic E-state index is 13.5. The van der Waals surface area contributed by atoms with Crippen LogP contribution < -0.4 is 5.32 Å². The summed E-state index contributed by atoms with van der Waals surface area (Å²) in [5.74, 6) is 0.154. The molecule has 0 saturated heterocycles. The molecule has 2 aromatic carbocycles. The van der Waals surface area contributed by atoms with Gasteiger partial charge in [-0.25, -0.2) is 4.98 Å². The number of Topliss-reactive ketones (excluding diaryl/α,β-unsaturated/α-hetero) is 1. The number of hydrogen-bond donors (Lipinski definition) is 2. The average molecular weight is 426 g/mol. The van der Waals surface area contributed by atoms with Crippen molar-refractivity contribution >= 4 is 33.8 Å². The van der Waals surface area contributed by atoms with E-state index in [0.717, 1.165) is 40.0 Å². The lowest BCUT2D eigenvalue weighted by molar-refractivity contribution is -0.118. The normalized spacial score (nSPS) is 19.8. The molecule has 4 aromatic rings. The fourth-order valence-electron chi connectivity index (χ4n) is 5.09. The minimum absolute atomic E-state index is 0.0357. The van der Waals surface area contributed by atoms with E-state index in [2.05, 4.69) is 77.0 Å². The van der Waals surface area contributed by atoms with Crippen LogP contribution in [0.4, 0.5) is 5.69 Å². The first-order chi connectivity index (χ1) is 15.0. The third-order valence-electron chi connectivity index (χ3n) is 6.43. The molecule has 0 radical (unpaired) electrons. The highest BCUT2D eigenvalue weighted by molar-refractivity contribution is 7.10. The molecule has 5 heteroatoms. The van der Waals surface area contributed by atoms with Crippen LogP contribution in [0.2, 0.25) is 0 Å². The van der Waals surface area contributed by atoms with Crippen LogP contribution in [0.15, 0.2) is 71.5 Å². The highest BCUT2D eigenvalue weighted by Gasteiger charge is 2.42. The van der Waals surface area contributed by atoms with Gasteiger partial charge in [-0.15, -0.1) is 11.3 Å². The fourth-order valence-corrected chi connectivity index (χ4v) is 6.12. The number of nitrogens with one attached hydrogen (secondary N) is 2. The second-order valence-corrected chi connectivity index (χ2v) is 10.3. The minimum atomic E-state index is -0.0932. The molecule has 3 heterocycles. The first-order valence-corrected chi connectivity index (χ1v) is 11.5. The van der Waals surface area contributed by atoms with Gasteiger partial charge in [-0.3, -0.25) is 4.79 Å². The number of rotatable bonds is 2. The molecule has 0 amide bonds. The van der Waals surface area contributed by atoms with Crippen molar-refractivity contribution in [3.05, 3.63) is 81.9 Å². The summed E-state index contributed by atoms with van der Waals surface area (Å²) in [5.41, 5.74) is 8.45. The number of imidazole rings is 1. The van der Waals surface area contributed by atoms with Gasteiger partial charge in [0.2, 0.25) is 0 Å². The second-order valence-electron chi connectivity index (χ2n) is 9.32. The van der Waals surface area contributed by atoms with Crippen molar-refractivity contribution in [3.63, 3.8) is 0 Å². The van der Waals surface area contributed by atoms with Gasteiger partial charge in [-0.05, 0) is 46.5 Å². The predicted molar refractivity (Wildman–Crippen MR) is 126 cm³/mol. The quantitative estimate of drug-likeness (QED) is 0.386. The molecule has 1 atom stereocenters. The smallest absolute Gasteiger partial charge is 0.162 e. The van der Waals surface area contributed by atoms with Gasteiger partial charge in [0, 0.05) is 33.8 Å². The predicted octanol–water partition coefficient (Wildman–Crippen LogP) is 6.49. The van der Waals surface area contributed by atoms with Crippen molar-refractivity contribution in [1.82, 2.24) is 9.97 Å². The molecule has 4 nitrogen and oxygen atoms in total. The van der Waals surface area contributed by atoms with Crippen LogP contribution in [-0.4, -0.2) is 15.8 Å². The van der Waals surface area contributed by atoms with E-state index < -0.39 is 0 Å². The highest BCUT2D eigenvalue weighted by atomic mass is 32.1. The Balaban J connectivity index is 1.58. The van der Waals surface area contributed by atoms with Crippen molar-refractivity contribution in [3.8, 4) is 11.1 Å². The molecule has 0 bridgehead atoms. The number of carbonyl (C=O) groups excluding carboxylic acids is 1. The van der Waals surface area contributed by atoms with E-state index in [1.165, 1.54) is 16.0 Å². The maximum Gasteiger partial charge on any atom is 0.162 e. The highest BCUT2D eigenvalue weighted by Crippen LogP contribution is 2.51. The van der Waals surface area contributed by atoms with Gasteiger partial charge in [-0.1, -0.05) is 44.2 Å². The van der Waals surface area contributed by atoms with Gasteiger partial charge in [0.25, 0.3) is 0 Å². The Morgan fingerprint density at radius 1 is 1.06 bits per heavy atom. The lowest BCUT2D eigenvalue weighted by atomic mass is 9.69. The molecule has 154 valence electrons. The van der Waals surface area contributed by atoms with E-state index in [-0.39, 0.29) is 17.1 Å². The molecule has 2 aliphatic rings. The molecule has 1 aliphatic carbocycles. The van der Waals surface area contributed by atoms with Gasteiger partial charge in [0.15, 0.2) is 5.78 Å². The van der Waals surface area contributed by atoms with E-state index >= 15 is 0 Å². The number of carbonyl (C=O) groups is 1. The molecule has 0 fully saturated rings. The number of fused-ring (bicyclic) bond motifs is 3. The van der Waals surface area contributed by atoms with Crippen molar-refractivity contribution in [1.29, 1.82) is 0 Å². The Kier molecular flexibility index (Phi) is 3.99. The fraction of sp³-hybridized carbons (Fsp3) is 0.231. The lowest BCUT2D eigenvalue weighted by Gasteiger charge is -2.39. The summed E-state index contributed by atoms with van der Waals surface area (Å²) < 4.78 is 0. The molecule has 0 saturated carbocycles. The van der Waals surface area contributed by atoms with Gasteiger partial charge in [-0.2, -0.15) is 0 Å². The first kappa shape index (κ1) is 18.6. The standard InChI is InChI=1S/C26H23N3OS/c1-26(2)11-19-22(20(30)12-26)24(21-10-16(13-31-21)15-6-4-3-5-7-15)23-17(29-19)8-9-18-25(23)28-14-27-18/h3-10,13-14,24,29H,11-12H2,1-2H3,(H,27,28). The van der Waals surface area contributed by atoms with Gasteiger partial charge in [0.1, 0.15) is 0 Å². The summed E-state index contributed by atoms with van der Waals surface area (Å²) in [6.45, 7) is 4.35. The Morgan fingerprint density at radius 2 is 1.90 bits per heavy atom. The van der Waals surface area contributed by atoms with Crippen LogP contribution in [0, 0.1) is 5.41 Å². The zero-order valence-electron chi connectivity index (χ0n) is 17.5. The number of thiophene rings is 1. The van der Waals surface area contributed by atoms with E-state index in [0.29, 0.717) is 6.42 Å². The number of aromatic nitrogens is 2. The third kappa shape index (κ3) is 2.95. The van der Waals surface area contributed by atoms with E-state index in [1.807, 2.05) is 6.07 Å². The van der Waals surface area contributed by atoms with Gasteiger partial charge < -0.3 is 10.3 Å². The van der Waals surface area contributed by atoms with Crippen molar-refractivity contribution < 1.29 is 4.79 Å². The lowest BCUT2D eigenvalue weighted by Crippen LogP contribution is -2.33. The Morgan fingerprint density at radius 3 is 2.74 bits per heavy atom. The molecule has 1 aliphatic heterocycles. The molecular weight excluding hydrogens is 402 g/mol. The maximum atomic E-state index is 13.5. The summed E-state index contributed by atoms with van der Waals surface area (Å²) in [6, 6.07) is 16.9. The number of allylic oxidation sites excluding steroid dienone is 2. The number of ketones is 1. The monoisotopic (exact) mass is 425 g/mol. The van der Waals surface area contributed by atoms with Crippen LogP contribution in [0.1, 0.15) is 43.0 Å². The molecular formula is C26H23N3OS. The second kappa shape index (κ2) is 6.66. The van der Waals surface area contributed by atoms with Crippen LogP contribution in [0.25, 0.3) is 22.2 Å². The van der Waals surface area contributed by atoms with Crippen LogP contribution in [-0.2, 0) is 4.79 Å². The molecule has 1 unspecified atom stereocenters. The SMILES string of the molecule is CC1(C)CC(=O)C2=C(C1)Nc1ccc3[nH]cnc3c1C2c1cc(-c2ccccc2)cs1. The minimum Gasteiger partial charge on any atom is -0.358 e. The molecule has 2 aromatic heterocycles. The zero-order chi connectivity index (χ0) is 21.2. The first-order valence-electron chi connectivity index (χ1n) is 10.6. The zero-order valence-corrected chi connectivity index (χ0v) is 18.3.